The monoisotopic (exact) mass is 249 g/mol. The topological polar surface area (TPSA) is 55.4 Å². The van der Waals surface area contributed by atoms with E-state index in [2.05, 4.69) is 5.32 Å². The van der Waals surface area contributed by atoms with Crippen molar-refractivity contribution in [2.75, 3.05) is 6.61 Å². The molecule has 4 nitrogen and oxygen atoms in total. The lowest BCUT2D eigenvalue weighted by atomic mass is 9.98. The van der Waals surface area contributed by atoms with Gasteiger partial charge in [-0.3, -0.25) is 4.79 Å². The van der Waals surface area contributed by atoms with Gasteiger partial charge in [0.2, 0.25) is 0 Å². The second kappa shape index (κ2) is 6.51. The summed E-state index contributed by atoms with van der Waals surface area (Å²) in [6.45, 7) is 1.81. The van der Waals surface area contributed by atoms with Crippen molar-refractivity contribution in [3.63, 3.8) is 0 Å². The molecule has 0 aliphatic heterocycles. The first-order valence-electron chi connectivity index (χ1n) is 5.81. The molecule has 1 rings (SSSR count). The maximum atomic E-state index is 12.2. The van der Waals surface area contributed by atoms with E-state index in [-0.39, 0.29) is 12.5 Å². The molecule has 0 saturated heterocycles. The average molecular weight is 249 g/mol. The van der Waals surface area contributed by atoms with Crippen molar-refractivity contribution in [3.05, 3.63) is 0 Å². The average Bonchev–Trinajstić information content (AvgIpc) is 2.78. The molecule has 98 valence electrons. The summed E-state index contributed by atoms with van der Waals surface area (Å²) in [6.07, 6.45) is 0.310. The van der Waals surface area contributed by atoms with E-state index in [4.69, 9.17) is 4.74 Å². The number of carbonyl (C=O) groups is 2. The van der Waals surface area contributed by atoms with E-state index in [0.29, 0.717) is 0 Å². The molecule has 0 radical (unpaired) electrons. The van der Waals surface area contributed by atoms with Crippen LogP contribution >= 0.6 is 0 Å². The molecule has 1 saturated carbocycles. The van der Waals surface area contributed by atoms with Gasteiger partial charge in [-0.1, -0.05) is 12.8 Å². The van der Waals surface area contributed by atoms with Crippen molar-refractivity contribution in [3.8, 4) is 0 Å². The molecular weight excluding hydrogens is 232 g/mol. The van der Waals surface area contributed by atoms with E-state index >= 15 is 0 Å². The fourth-order valence-electron chi connectivity index (χ4n) is 2.11. The van der Waals surface area contributed by atoms with Crippen molar-refractivity contribution < 1.29 is 23.1 Å². The molecule has 0 spiro atoms. The van der Waals surface area contributed by atoms with Gasteiger partial charge in [0.05, 0.1) is 6.61 Å². The molecule has 0 aromatic carbocycles. The highest BCUT2D eigenvalue weighted by Gasteiger charge is 2.34. The number of esters is 1. The van der Waals surface area contributed by atoms with E-state index in [1.165, 1.54) is 0 Å². The first-order valence-corrected chi connectivity index (χ1v) is 5.81. The number of carbonyl (C=O) groups excluding carboxylic acids is 2. The molecule has 1 amide bonds. The summed E-state index contributed by atoms with van der Waals surface area (Å²) >= 11 is 0. The third-order valence-corrected chi connectivity index (χ3v) is 2.91. The van der Waals surface area contributed by atoms with Gasteiger partial charge in [-0.15, -0.1) is 0 Å². The Hall–Kier alpha value is -1.20. The van der Waals surface area contributed by atoms with E-state index in [9.17, 15) is 18.4 Å². The molecule has 0 heterocycles. The van der Waals surface area contributed by atoms with Gasteiger partial charge in [0.25, 0.3) is 5.91 Å². The summed E-state index contributed by atoms with van der Waals surface area (Å²) in [5.41, 5.74) is 0. The van der Waals surface area contributed by atoms with Gasteiger partial charge in [-0.2, -0.15) is 8.78 Å². The van der Waals surface area contributed by atoms with Crippen molar-refractivity contribution in [2.24, 2.45) is 5.92 Å². The molecule has 1 fully saturated rings. The van der Waals surface area contributed by atoms with Crippen LogP contribution in [0.3, 0.4) is 0 Å². The van der Waals surface area contributed by atoms with E-state index in [0.717, 1.165) is 25.7 Å². The van der Waals surface area contributed by atoms with Crippen LogP contribution in [-0.2, 0) is 14.3 Å². The lowest BCUT2D eigenvalue weighted by Crippen LogP contribution is -2.48. The van der Waals surface area contributed by atoms with E-state index in [1.54, 1.807) is 6.92 Å². The van der Waals surface area contributed by atoms with Gasteiger partial charge in [-0.05, 0) is 25.7 Å². The van der Waals surface area contributed by atoms with Crippen LogP contribution in [0, 0.1) is 5.92 Å². The SMILES string of the molecule is CCOC(=O)[C@@H](NC(=O)C(F)F)C1CCCC1. The van der Waals surface area contributed by atoms with Crippen LogP contribution in [0.1, 0.15) is 32.6 Å². The molecule has 0 aromatic heterocycles. The lowest BCUT2D eigenvalue weighted by Gasteiger charge is -2.22. The molecular formula is C11H17F2NO3. The number of nitrogens with one attached hydrogen (secondary N) is 1. The minimum atomic E-state index is -3.10. The van der Waals surface area contributed by atoms with Crippen LogP contribution in [0.5, 0.6) is 0 Å². The number of hydrogen-bond donors (Lipinski definition) is 1. The minimum Gasteiger partial charge on any atom is -0.464 e. The zero-order chi connectivity index (χ0) is 12.8. The molecule has 1 aliphatic rings. The maximum absolute atomic E-state index is 12.2. The van der Waals surface area contributed by atoms with Crippen LogP contribution in [0.2, 0.25) is 0 Å². The molecule has 6 heteroatoms. The quantitative estimate of drug-likeness (QED) is 0.751. The first kappa shape index (κ1) is 13.9. The summed E-state index contributed by atoms with van der Waals surface area (Å²) in [6, 6.07) is -0.932. The fraction of sp³-hybridized carbons (Fsp3) is 0.818. The number of halogens is 2. The Kier molecular flexibility index (Phi) is 5.31. The normalized spacial score (nSPS) is 18.1. The number of ether oxygens (including phenoxy) is 1. The zero-order valence-corrected chi connectivity index (χ0v) is 9.75. The molecule has 0 unspecified atom stereocenters. The predicted molar refractivity (Wildman–Crippen MR) is 56.5 cm³/mol. The van der Waals surface area contributed by atoms with Crippen LogP contribution in [0.25, 0.3) is 0 Å². The highest BCUT2D eigenvalue weighted by atomic mass is 19.3. The van der Waals surface area contributed by atoms with Crippen LogP contribution in [0.15, 0.2) is 0 Å². The Morgan fingerprint density at radius 1 is 1.35 bits per heavy atom. The summed E-state index contributed by atoms with van der Waals surface area (Å²) in [4.78, 5) is 22.6. The van der Waals surface area contributed by atoms with Crippen LogP contribution in [0.4, 0.5) is 8.78 Å². The molecule has 1 aliphatic carbocycles. The fourth-order valence-corrected chi connectivity index (χ4v) is 2.11. The molecule has 1 atom stereocenters. The van der Waals surface area contributed by atoms with Gasteiger partial charge in [0.15, 0.2) is 0 Å². The Balaban J connectivity index is 2.64. The lowest BCUT2D eigenvalue weighted by molar-refractivity contribution is -0.150. The van der Waals surface area contributed by atoms with Gasteiger partial charge in [-0.25, -0.2) is 4.79 Å². The van der Waals surface area contributed by atoms with Crippen molar-refractivity contribution in [1.29, 1.82) is 0 Å². The van der Waals surface area contributed by atoms with Crippen LogP contribution < -0.4 is 5.32 Å². The van der Waals surface area contributed by atoms with Gasteiger partial charge in [0.1, 0.15) is 6.04 Å². The Labute approximate surface area is 98.7 Å². The second-order valence-electron chi connectivity index (χ2n) is 4.08. The van der Waals surface area contributed by atoms with Gasteiger partial charge < -0.3 is 10.1 Å². The zero-order valence-electron chi connectivity index (χ0n) is 9.75. The molecule has 0 aromatic rings. The highest BCUT2D eigenvalue weighted by molar-refractivity contribution is 5.86. The number of rotatable bonds is 5. The number of alkyl halides is 2. The van der Waals surface area contributed by atoms with E-state index < -0.39 is 24.3 Å². The third-order valence-electron chi connectivity index (χ3n) is 2.91. The standard InChI is InChI=1S/C11H17F2NO3/c1-2-17-11(16)8(7-5-3-4-6-7)14-10(15)9(12)13/h7-9H,2-6H2,1H3,(H,14,15)/t8-/m0/s1. The summed E-state index contributed by atoms with van der Waals surface area (Å²) < 4.78 is 29.1. The predicted octanol–water partition coefficient (Wildman–Crippen LogP) is 1.49. The largest absolute Gasteiger partial charge is 0.464 e. The Morgan fingerprint density at radius 3 is 2.41 bits per heavy atom. The van der Waals surface area contributed by atoms with Crippen LogP contribution in [-0.4, -0.2) is 31.0 Å². The first-order chi connectivity index (χ1) is 8.06. The van der Waals surface area contributed by atoms with Crippen molar-refractivity contribution >= 4 is 11.9 Å². The third kappa shape index (κ3) is 3.94. The second-order valence-corrected chi connectivity index (χ2v) is 4.08. The Bertz CT molecular complexity index is 278. The summed E-state index contributed by atoms with van der Waals surface area (Å²) in [7, 11) is 0. The number of hydrogen-bond acceptors (Lipinski definition) is 3. The summed E-state index contributed by atoms with van der Waals surface area (Å²) in [5, 5.41) is 2.08. The number of amides is 1. The summed E-state index contributed by atoms with van der Waals surface area (Å²) in [5.74, 6) is -2.11. The highest BCUT2D eigenvalue weighted by Crippen LogP contribution is 2.28. The van der Waals surface area contributed by atoms with Crippen molar-refractivity contribution in [1.82, 2.24) is 5.32 Å². The van der Waals surface area contributed by atoms with Crippen molar-refractivity contribution in [2.45, 2.75) is 45.1 Å². The molecule has 0 bridgehead atoms. The molecule has 1 N–H and O–H groups in total. The smallest absolute Gasteiger partial charge is 0.328 e. The van der Waals surface area contributed by atoms with E-state index in [1.807, 2.05) is 0 Å². The van der Waals surface area contributed by atoms with Gasteiger partial charge >= 0.3 is 12.4 Å². The minimum absolute atomic E-state index is 0.0863. The Morgan fingerprint density at radius 2 is 1.94 bits per heavy atom. The molecule has 17 heavy (non-hydrogen) atoms. The maximum Gasteiger partial charge on any atom is 0.328 e. The van der Waals surface area contributed by atoms with Gasteiger partial charge in [0, 0.05) is 0 Å².